The first-order valence-corrected chi connectivity index (χ1v) is 10.2. The number of amides is 2. The van der Waals surface area contributed by atoms with E-state index in [0.29, 0.717) is 16.1 Å². The number of thiophene rings is 1. The van der Waals surface area contributed by atoms with Crippen LogP contribution in [0.1, 0.15) is 34.6 Å². The highest BCUT2D eigenvalue weighted by Gasteiger charge is 2.23. The van der Waals surface area contributed by atoms with Crippen molar-refractivity contribution in [2.75, 3.05) is 19.4 Å². The van der Waals surface area contributed by atoms with E-state index in [1.165, 1.54) is 54.0 Å². The van der Waals surface area contributed by atoms with Crippen molar-refractivity contribution in [3.05, 3.63) is 46.8 Å². The Morgan fingerprint density at radius 3 is 2.23 bits per heavy atom. The van der Waals surface area contributed by atoms with E-state index < -0.39 is 15.9 Å². The Morgan fingerprint density at radius 2 is 1.69 bits per heavy atom. The second-order valence-electron chi connectivity index (χ2n) is 5.84. The van der Waals surface area contributed by atoms with Gasteiger partial charge in [-0.2, -0.15) is 4.31 Å². The second-order valence-corrected chi connectivity index (χ2v) is 8.75. The van der Waals surface area contributed by atoms with Gasteiger partial charge in [0.1, 0.15) is 5.00 Å². The number of carbonyl (C=O) groups excluding carboxylic acids is 2. The third-order valence-electron chi connectivity index (χ3n) is 3.88. The number of nitrogens with one attached hydrogen (secondary N) is 2. The summed E-state index contributed by atoms with van der Waals surface area (Å²) in [5, 5.41) is 7.33. The number of anilines is 1. The lowest BCUT2D eigenvalue weighted by molar-refractivity contribution is 0.0964. The van der Waals surface area contributed by atoms with E-state index in [1.807, 2.05) is 0 Å². The highest BCUT2D eigenvalue weighted by molar-refractivity contribution is 7.89. The van der Waals surface area contributed by atoms with E-state index in [4.69, 9.17) is 0 Å². The van der Waals surface area contributed by atoms with Gasteiger partial charge in [0, 0.05) is 25.7 Å². The quantitative estimate of drug-likeness (QED) is 0.785. The SMILES string of the molecule is CNC(=O)c1ccsc1NC(=O)c1ccc(S(=O)(=O)N(C)C(C)C)cc1. The molecule has 1 aromatic carbocycles. The number of carbonyl (C=O) groups is 2. The van der Waals surface area contributed by atoms with Crippen LogP contribution in [-0.4, -0.2) is 44.7 Å². The number of rotatable bonds is 6. The van der Waals surface area contributed by atoms with Crippen LogP contribution in [0.15, 0.2) is 40.6 Å². The van der Waals surface area contributed by atoms with Gasteiger partial charge in [0.05, 0.1) is 10.5 Å². The Hall–Kier alpha value is -2.23. The molecule has 0 saturated carbocycles. The van der Waals surface area contributed by atoms with Crippen molar-refractivity contribution in [1.82, 2.24) is 9.62 Å². The molecule has 0 aliphatic heterocycles. The minimum Gasteiger partial charge on any atom is -0.355 e. The predicted molar refractivity (Wildman–Crippen MR) is 102 cm³/mol. The highest BCUT2D eigenvalue weighted by Crippen LogP contribution is 2.24. The standard InChI is InChI=1S/C17H21N3O4S2/c1-11(2)20(4)26(23,24)13-7-5-12(6-8-13)15(21)19-17-14(9-10-25-17)16(22)18-3/h5-11H,1-4H3,(H,18,22)(H,19,21). The molecule has 9 heteroatoms. The van der Waals surface area contributed by atoms with Gasteiger partial charge in [-0.25, -0.2) is 8.42 Å². The topological polar surface area (TPSA) is 95.6 Å². The zero-order valence-corrected chi connectivity index (χ0v) is 16.6. The van der Waals surface area contributed by atoms with E-state index in [9.17, 15) is 18.0 Å². The second kappa shape index (κ2) is 7.98. The highest BCUT2D eigenvalue weighted by atomic mass is 32.2. The van der Waals surface area contributed by atoms with Crippen LogP contribution in [0, 0.1) is 0 Å². The van der Waals surface area contributed by atoms with Gasteiger partial charge in [-0.05, 0) is 49.6 Å². The number of nitrogens with zero attached hydrogens (tertiary/aromatic N) is 1. The van der Waals surface area contributed by atoms with Crippen LogP contribution in [0.4, 0.5) is 5.00 Å². The molecule has 7 nitrogen and oxygen atoms in total. The Morgan fingerprint density at radius 1 is 1.08 bits per heavy atom. The summed E-state index contributed by atoms with van der Waals surface area (Å²) in [6.07, 6.45) is 0. The van der Waals surface area contributed by atoms with Crippen LogP contribution in [0.5, 0.6) is 0 Å². The summed E-state index contributed by atoms with van der Waals surface area (Å²) in [5.74, 6) is -0.710. The largest absolute Gasteiger partial charge is 0.355 e. The fraction of sp³-hybridized carbons (Fsp3) is 0.294. The van der Waals surface area contributed by atoms with Crippen molar-refractivity contribution in [2.45, 2.75) is 24.8 Å². The molecule has 26 heavy (non-hydrogen) atoms. The lowest BCUT2D eigenvalue weighted by Gasteiger charge is -2.21. The van der Waals surface area contributed by atoms with Gasteiger partial charge in [-0.15, -0.1) is 11.3 Å². The normalized spacial score (nSPS) is 11.6. The number of hydrogen-bond donors (Lipinski definition) is 2. The summed E-state index contributed by atoms with van der Waals surface area (Å²) in [7, 11) is -0.577. The zero-order chi connectivity index (χ0) is 19.5. The Labute approximate surface area is 157 Å². The summed E-state index contributed by atoms with van der Waals surface area (Å²) in [4.78, 5) is 24.3. The minimum absolute atomic E-state index is 0.118. The molecule has 140 valence electrons. The maximum absolute atomic E-state index is 12.4. The number of hydrogen-bond acceptors (Lipinski definition) is 5. The summed E-state index contributed by atoms with van der Waals surface area (Å²) >= 11 is 1.24. The molecule has 2 aromatic rings. The van der Waals surface area contributed by atoms with E-state index >= 15 is 0 Å². The van der Waals surface area contributed by atoms with Gasteiger partial charge in [-0.1, -0.05) is 0 Å². The average molecular weight is 396 g/mol. The molecule has 2 amide bonds. The number of sulfonamides is 1. The average Bonchev–Trinajstić information content (AvgIpc) is 3.08. The van der Waals surface area contributed by atoms with Crippen molar-refractivity contribution in [3.8, 4) is 0 Å². The first-order chi connectivity index (χ1) is 12.2. The first kappa shape index (κ1) is 20.1. The molecule has 1 aromatic heterocycles. The third-order valence-corrected chi connectivity index (χ3v) is 6.76. The van der Waals surface area contributed by atoms with E-state index in [2.05, 4.69) is 10.6 Å². The molecule has 0 fully saturated rings. The van der Waals surface area contributed by atoms with Gasteiger partial charge in [-0.3, -0.25) is 9.59 Å². The fourth-order valence-corrected chi connectivity index (χ4v) is 4.26. The molecule has 0 aliphatic carbocycles. The fourth-order valence-electron chi connectivity index (χ4n) is 2.12. The molecular formula is C17H21N3O4S2. The molecule has 0 radical (unpaired) electrons. The molecule has 0 atom stereocenters. The summed E-state index contributed by atoms with van der Waals surface area (Å²) in [5.41, 5.74) is 0.677. The molecule has 0 aliphatic rings. The first-order valence-electron chi connectivity index (χ1n) is 7.87. The smallest absolute Gasteiger partial charge is 0.256 e. The zero-order valence-electron chi connectivity index (χ0n) is 14.9. The Kier molecular flexibility index (Phi) is 6.17. The predicted octanol–water partition coefficient (Wildman–Crippen LogP) is 2.39. The molecule has 0 bridgehead atoms. The van der Waals surface area contributed by atoms with Crippen molar-refractivity contribution in [2.24, 2.45) is 0 Å². The van der Waals surface area contributed by atoms with Crippen molar-refractivity contribution in [3.63, 3.8) is 0 Å². The van der Waals surface area contributed by atoms with Crippen LogP contribution in [-0.2, 0) is 10.0 Å². The summed E-state index contributed by atoms with van der Waals surface area (Å²) in [6, 6.07) is 7.14. The molecular weight excluding hydrogens is 374 g/mol. The lowest BCUT2D eigenvalue weighted by atomic mass is 10.2. The Balaban J connectivity index is 2.20. The maximum atomic E-state index is 12.4. The minimum atomic E-state index is -3.60. The van der Waals surface area contributed by atoms with Crippen LogP contribution in [0.3, 0.4) is 0 Å². The summed E-state index contributed by atoms with van der Waals surface area (Å²) < 4.78 is 26.2. The molecule has 2 N–H and O–H groups in total. The van der Waals surface area contributed by atoms with Gasteiger partial charge < -0.3 is 10.6 Å². The summed E-state index contributed by atoms with van der Waals surface area (Å²) in [6.45, 7) is 3.56. The third kappa shape index (κ3) is 4.12. The lowest BCUT2D eigenvalue weighted by Crippen LogP contribution is -2.33. The van der Waals surface area contributed by atoms with E-state index in [0.717, 1.165) is 0 Å². The van der Waals surface area contributed by atoms with Crippen LogP contribution >= 0.6 is 11.3 Å². The van der Waals surface area contributed by atoms with Crippen molar-refractivity contribution in [1.29, 1.82) is 0 Å². The van der Waals surface area contributed by atoms with Gasteiger partial charge >= 0.3 is 0 Å². The van der Waals surface area contributed by atoms with E-state index in [1.54, 1.807) is 25.3 Å². The van der Waals surface area contributed by atoms with Crippen LogP contribution < -0.4 is 10.6 Å². The van der Waals surface area contributed by atoms with Gasteiger partial charge in [0.15, 0.2) is 0 Å². The van der Waals surface area contributed by atoms with Crippen LogP contribution in [0.25, 0.3) is 0 Å². The monoisotopic (exact) mass is 395 g/mol. The molecule has 1 heterocycles. The van der Waals surface area contributed by atoms with Crippen LogP contribution in [0.2, 0.25) is 0 Å². The number of benzene rings is 1. The molecule has 0 saturated heterocycles. The maximum Gasteiger partial charge on any atom is 0.256 e. The van der Waals surface area contributed by atoms with Gasteiger partial charge in [0.25, 0.3) is 11.8 Å². The van der Waals surface area contributed by atoms with Crippen molar-refractivity contribution >= 4 is 38.2 Å². The van der Waals surface area contributed by atoms with Crippen molar-refractivity contribution < 1.29 is 18.0 Å². The van der Waals surface area contributed by atoms with E-state index in [-0.39, 0.29) is 16.8 Å². The molecule has 0 unspecified atom stereocenters. The molecule has 0 spiro atoms. The Bertz CT molecular complexity index is 902. The van der Waals surface area contributed by atoms with Gasteiger partial charge in [0.2, 0.25) is 10.0 Å². The molecule has 2 rings (SSSR count).